The number of para-hydroxylation sites is 2. The van der Waals surface area contributed by atoms with Gasteiger partial charge in [0.25, 0.3) is 0 Å². The number of hydrogen-bond donors (Lipinski definition) is 1. The lowest BCUT2D eigenvalue weighted by Gasteiger charge is -2.13. The molecule has 0 saturated heterocycles. The van der Waals surface area contributed by atoms with Gasteiger partial charge in [0, 0.05) is 17.8 Å². The van der Waals surface area contributed by atoms with Gasteiger partial charge in [-0.25, -0.2) is 0 Å². The van der Waals surface area contributed by atoms with Gasteiger partial charge in [0.15, 0.2) is 0 Å². The summed E-state index contributed by atoms with van der Waals surface area (Å²) in [5, 5.41) is 3.45. The molecule has 3 rings (SSSR count). The molecule has 0 unspecified atom stereocenters. The molecule has 0 atom stereocenters. The Morgan fingerprint density at radius 1 is 0.760 bits per heavy atom. The van der Waals surface area contributed by atoms with Crippen molar-refractivity contribution >= 4 is 5.69 Å². The quantitative estimate of drug-likeness (QED) is 0.584. The number of rotatable bonds is 8. The summed E-state index contributed by atoms with van der Waals surface area (Å²) in [4.78, 5) is 0. The summed E-state index contributed by atoms with van der Waals surface area (Å²) in [5.74, 6) is 1.75. The summed E-state index contributed by atoms with van der Waals surface area (Å²) in [6.07, 6.45) is 0. The summed E-state index contributed by atoms with van der Waals surface area (Å²) in [6, 6.07) is 26.2. The molecule has 0 radical (unpaired) electrons. The van der Waals surface area contributed by atoms with Crippen molar-refractivity contribution in [3.63, 3.8) is 0 Å². The van der Waals surface area contributed by atoms with Gasteiger partial charge < -0.3 is 14.8 Å². The zero-order valence-corrected chi connectivity index (χ0v) is 14.4. The topological polar surface area (TPSA) is 30.5 Å². The first-order valence-corrected chi connectivity index (χ1v) is 8.50. The van der Waals surface area contributed by atoms with Gasteiger partial charge >= 0.3 is 0 Å². The van der Waals surface area contributed by atoms with E-state index in [1.165, 1.54) is 5.56 Å². The summed E-state index contributed by atoms with van der Waals surface area (Å²) in [7, 11) is 0. The maximum absolute atomic E-state index is 5.91. The van der Waals surface area contributed by atoms with Crippen molar-refractivity contribution in [2.24, 2.45) is 0 Å². The van der Waals surface area contributed by atoms with Gasteiger partial charge in [0.2, 0.25) is 0 Å². The van der Waals surface area contributed by atoms with Crippen LogP contribution in [0.4, 0.5) is 5.69 Å². The van der Waals surface area contributed by atoms with Gasteiger partial charge in [-0.15, -0.1) is 0 Å². The Morgan fingerprint density at radius 2 is 1.52 bits per heavy atom. The highest BCUT2D eigenvalue weighted by Gasteiger charge is 2.03. The second-order valence-corrected chi connectivity index (χ2v) is 5.84. The van der Waals surface area contributed by atoms with Crippen molar-refractivity contribution in [1.29, 1.82) is 0 Å². The average Bonchev–Trinajstić information content (AvgIpc) is 2.65. The largest absolute Gasteiger partial charge is 0.490 e. The molecule has 3 aromatic rings. The smallest absolute Gasteiger partial charge is 0.124 e. The molecule has 0 aliphatic rings. The molecule has 25 heavy (non-hydrogen) atoms. The van der Waals surface area contributed by atoms with Crippen molar-refractivity contribution in [1.82, 2.24) is 0 Å². The third kappa shape index (κ3) is 5.28. The Kier molecular flexibility index (Phi) is 5.94. The number of ether oxygens (including phenoxy) is 2. The van der Waals surface area contributed by atoms with Crippen molar-refractivity contribution in [2.75, 3.05) is 18.5 Å². The fourth-order valence-corrected chi connectivity index (χ4v) is 2.57. The summed E-state index contributed by atoms with van der Waals surface area (Å²) < 4.78 is 11.6. The van der Waals surface area contributed by atoms with E-state index < -0.39 is 0 Å². The first-order chi connectivity index (χ1) is 12.3. The molecular weight excluding hydrogens is 310 g/mol. The number of nitrogens with one attached hydrogen (secondary N) is 1. The lowest BCUT2D eigenvalue weighted by molar-refractivity contribution is 0.216. The molecule has 3 heteroatoms. The van der Waals surface area contributed by atoms with Crippen molar-refractivity contribution in [3.8, 4) is 11.5 Å². The summed E-state index contributed by atoms with van der Waals surface area (Å²) in [5.41, 5.74) is 3.48. The Labute approximate surface area is 149 Å². The van der Waals surface area contributed by atoms with E-state index >= 15 is 0 Å². The third-order valence-electron chi connectivity index (χ3n) is 3.83. The molecule has 0 spiro atoms. The first kappa shape index (κ1) is 16.9. The minimum atomic E-state index is 0.510. The Balaban J connectivity index is 1.52. The minimum absolute atomic E-state index is 0.510. The first-order valence-electron chi connectivity index (χ1n) is 8.50. The van der Waals surface area contributed by atoms with Crippen LogP contribution in [-0.4, -0.2) is 13.2 Å². The van der Waals surface area contributed by atoms with Crippen LogP contribution in [-0.2, 0) is 6.54 Å². The maximum Gasteiger partial charge on any atom is 0.124 e. The van der Waals surface area contributed by atoms with Crippen molar-refractivity contribution < 1.29 is 9.47 Å². The van der Waals surface area contributed by atoms with Crippen LogP contribution in [0.2, 0.25) is 0 Å². The van der Waals surface area contributed by atoms with Crippen molar-refractivity contribution in [2.45, 2.75) is 13.5 Å². The van der Waals surface area contributed by atoms with Crippen LogP contribution in [0, 0.1) is 6.92 Å². The highest BCUT2D eigenvalue weighted by Crippen LogP contribution is 2.20. The molecule has 0 bridgehead atoms. The van der Waals surface area contributed by atoms with E-state index in [-0.39, 0.29) is 0 Å². The number of benzene rings is 3. The number of anilines is 1. The van der Waals surface area contributed by atoms with E-state index in [4.69, 9.17) is 9.47 Å². The summed E-state index contributed by atoms with van der Waals surface area (Å²) in [6.45, 7) is 3.84. The maximum atomic E-state index is 5.91. The molecule has 3 aromatic carbocycles. The van der Waals surface area contributed by atoms with Crippen LogP contribution in [0.15, 0.2) is 78.9 Å². The second-order valence-electron chi connectivity index (χ2n) is 5.84. The Morgan fingerprint density at radius 3 is 2.36 bits per heavy atom. The zero-order valence-electron chi connectivity index (χ0n) is 14.4. The SMILES string of the molecule is Cc1cccc(NCc2ccccc2OCCOc2ccccc2)c1. The van der Waals surface area contributed by atoms with E-state index in [9.17, 15) is 0 Å². The van der Waals surface area contributed by atoms with Gasteiger partial charge in [0.1, 0.15) is 24.7 Å². The number of hydrogen-bond acceptors (Lipinski definition) is 3. The van der Waals surface area contributed by atoms with E-state index in [0.717, 1.165) is 29.3 Å². The molecule has 3 nitrogen and oxygen atoms in total. The molecule has 0 aliphatic carbocycles. The Bertz CT molecular complexity index is 787. The van der Waals surface area contributed by atoms with Gasteiger partial charge in [-0.3, -0.25) is 0 Å². The van der Waals surface area contributed by atoms with Gasteiger partial charge in [-0.2, -0.15) is 0 Å². The predicted molar refractivity (Wildman–Crippen MR) is 102 cm³/mol. The highest BCUT2D eigenvalue weighted by molar-refractivity contribution is 5.47. The molecule has 0 heterocycles. The van der Waals surface area contributed by atoms with E-state index in [0.29, 0.717) is 13.2 Å². The Hall–Kier alpha value is -2.94. The highest BCUT2D eigenvalue weighted by atomic mass is 16.5. The minimum Gasteiger partial charge on any atom is -0.490 e. The van der Waals surface area contributed by atoms with Crippen LogP contribution < -0.4 is 14.8 Å². The van der Waals surface area contributed by atoms with E-state index in [1.807, 2.05) is 48.5 Å². The van der Waals surface area contributed by atoms with Gasteiger partial charge in [-0.05, 0) is 42.8 Å². The molecule has 0 amide bonds. The zero-order chi connectivity index (χ0) is 17.3. The standard InChI is InChI=1S/C22H23NO2/c1-18-8-7-10-20(16-18)23-17-19-9-5-6-13-22(19)25-15-14-24-21-11-3-2-4-12-21/h2-13,16,23H,14-15,17H2,1H3. The van der Waals surface area contributed by atoms with Crippen LogP contribution in [0.5, 0.6) is 11.5 Å². The van der Waals surface area contributed by atoms with Crippen LogP contribution >= 0.6 is 0 Å². The number of aryl methyl sites for hydroxylation is 1. The average molecular weight is 333 g/mol. The lowest BCUT2D eigenvalue weighted by Crippen LogP contribution is -2.10. The fraction of sp³-hybridized carbons (Fsp3) is 0.182. The van der Waals surface area contributed by atoms with Gasteiger partial charge in [0.05, 0.1) is 0 Å². The van der Waals surface area contributed by atoms with E-state index in [1.54, 1.807) is 0 Å². The molecule has 0 aromatic heterocycles. The molecular formula is C22H23NO2. The van der Waals surface area contributed by atoms with Crippen LogP contribution in [0.3, 0.4) is 0 Å². The molecule has 0 fully saturated rings. The monoisotopic (exact) mass is 333 g/mol. The summed E-state index contributed by atoms with van der Waals surface area (Å²) >= 11 is 0. The normalized spacial score (nSPS) is 10.3. The lowest BCUT2D eigenvalue weighted by atomic mass is 10.2. The fourth-order valence-electron chi connectivity index (χ4n) is 2.57. The van der Waals surface area contributed by atoms with E-state index in [2.05, 4.69) is 42.6 Å². The molecule has 1 N–H and O–H groups in total. The van der Waals surface area contributed by atoms with Gasteiger partial charge in [-0.1, -0.05) is 48.5 Å². The van der Waals surface area contributed by atoms with Crippen LogP contribution in [0.25, 0.3) is 0 Å². The molecule has 128 valence electrons. The van der Waals surface area contributed by atoms with Crippen LogP contribution in [0.1, 0.15) is 11.1 Å². The van der Waals surface area contributed by atoms with Crippen molar-refractivity contribution in [3.05, 3.63) is 90.0 Å². The predicted octanol–water partition coefficient (Wildman–Crippen LogP) is 5.06. The third-order valence-corrected chi connectivity index (χ3v) is 3.83. The second kappa shape index (κ2) is 8.78. The molecule has 0 saturated carbocycles. The molecule has 0 aliphatic heterocycles.